The molecule has 0 radical (unpaired) electrons. The zero-order valence-electron chi connectivity index (χ0n) is 12.5. The average molecular weight is 293 g/mol. The number of nitrogens with one attached hydrogen (secondary N) is 1. The first kappa shape index (κ1) is 15.1. The summed E-state index contributed by atoms with van der Waals surface area (Å²) >= 11 is 1.48. The summed E-state index contributed by atoms with van der Waals surface area (Å²) in [6.45, 7) is 8.44. The van der Waals surface area contributed by atoms with Gasteiger partial charge in [0.15, 0.2) is 0 Å². The van der Waals surface area contributed by atoms with Gasteiger partial charge in [0.1, 0.15) is 11.9 Å². The number of nitrogens with zero attached hydrogens (tertiary/aromatic N) is 4. The molecule has 1 unspecified atom stereocenters. The van der Waals surface area contributed by atoms with E-state index in [2.05, 4.69) is 51.4 Å². The Bertz CT molecular complexity index is 519. The predicted octanol–water partition coefficient (Wildman–Crippen LogP) is 2.80. The highest BCUT2D eigenvalue weighted by molar-refractivity contribution is 7.05. The number of imidazole rings is 1. The van der Waals surface area contributed by atoms with Gasteiger partial charge in [-0.05, 0) is 37.3 Å². The van der Waals surface area contributed by atoms with Gasteiger partial charge in [-0.1, -0.05) is 25.3 Å². The van der Waals surface area contributed by atoms with Gasteiger partial charge in [0.25, 0.3) is 0 Å². The molecule has 0 saturated heterocycles. The van der Waals surface area contributed by atoms with E-state index in [0.29, 0.717) is 0 Å². The minimum absolute atomic E-state index is 0.103. The molecule has 0 aliphatic rings. The van der Waals surface area contributed by atoms with E-state index in [1.54, 1.807) is 0 Å². The second kappa shape index (κ2) is 7.50. The highest BCUT2D eigenvalue weighted by atomic mass is 32.1. The lowest BCUT2D eigenvalue weighted by Crippen LogP contribution is -2.26. The van der Waals surface area contributed by atoms with Gasteiger partial charge in [-0.15, -0.1) is 5.10 Å². The van der Waals surface area contributed by atoms with Gasteiger partial charge in [0.05, 0.1) is 10.6 Å². The molecular weight excluding hydrogens is 270 g/mol. The highest BCUT2D eigenvalue weighted by Crippen LogP contribution is 2.26. The highest BCUT2D eigenvalue weighted by Gasteiger charge is 2.23. The third kappa shape index (κ3) is 3.24. The number of hydrogen-bond acceptors (Lipinski definition) is 5. The van der Waals surface area contributed by atoms with Crippen molar-refractivity contribution >= 4 is 11.5 Å². The molecule has 5 nitrogen and oxygen atoms in total. The molecule has 0 fully saturated rings. The van der Waals surface area contributed by atoms with E-state index < -0.39 is 0 Å². The minimum atomic E-state index is 0.103. The fraction of sp³-hybridized carbons (Fsp3) is 0.643. The third-order valence-electron chi connectivity index (χ3n) is 3.25. The quantitative estimate of drug-likeness (QED) is 0.813. The fourth-order valence-corrected chi connectivity index (χ4v) is 3.09. The molecule has 0 spiro atoms. The van der Waals surface area contributed by atoms with Crippen molar-refractivity contribution in [1.29, 1.82) is 0 Å². The van der Waals surface area contributed by atoms with E-state index >= 15 is 0 Å². The largest absolute Gasteiger partial charge is 0.333 e. The van der Waals surface area contributed by atoms with Crippen molar-refractivity contribution in [1.82, 2.24) is 24.5 Å². The average Bonchev–Trinajstić information content (AvgIpc) is 3.09. The number of rotatable bonds is 8. The van der Waals surface area contributed by atoms with E-state index in [9.17, 15) is 0 Å². The van der Waals surface area contributed by atoms with Crippen LogP contribution >= 0.6 is 11.5 Å². The van der Waals surface area contributed by atoms with Crippen LogP contribution < -0.4 is 5.32 Å². The van der Waals surface area contributed by atoms with Crippen LogP contribution in [0.15, 0.2) is 12.4 Å². The monoisotopic (exact) mass is 293 g/mol. The summed E-state index contributed by atoms with van der Waals surface area (Å²) in [5.74, 6) is 1.07. The van der Waals surface area contributed by atoms with Gasteiger partial charge in [-0.25, -0.2) is 4.98 Å². The predicted molar refractivity (Wildman–Crippen MR) is 81.9 cm³/mol. The Morgan fingerprint density at radius 3 is 2.85 bits per heavy atom. The summed E-state index contributed by atoms with van der Waals surface area (Å²) in [6, 6.07) is 0.103. The maximum absolute atomic E-state index is 4.57. The lowest BCUT2D eigenvalue weighted by molar-refractivity contribution is 0.532. The van der Waals surface area contributed by atoms with Crippen molar-refractivity contribution in [3.05, 3.63) is 28.8 Å². The van der Waals surface area contributed by atoms with Crippen molar-refractivity contribution < 1.29 is 0 Å². The molecular formula is C14H23N5S. The second-order valence-electron chi connectivity index (χ2n) is 4.80. The molecule has 0 aliphatic heterocycles. The fourth-order valence-electron chi connectivity index (χ4n) is 2.28. The molecule has 6 heteroatoms. The van der Waals surface area contributed by atoms with E-state index in [4.69, 9.17) is 0 Å². The Kier molecular flexibility index (Phi) is 5.67. The Labute approximate surface area is 124 Å². The van der Waals surface area contributed by atoms with Crippen molar-refractivity contribution in [2.75, 3.05) is 6.54 Å². The van der Waals surface area contributed by atoms with Gasteiger partial charge in [-0.2, -0.15) is 0 Å². The number of hydrogen-bond donors (Lipinski definition) is 1. The van der Waals surface area contributed by atoms with E-state index in [-0.39, 0.29) is 6.04 Å². The van der Waals surface area contributed by atoms with Gasteiger partial charge in [0.2, 0.25) is 0 Å². The van der Waals surface area contributed by atoms with Crippen LogP contribution in [0.2, 0.25) is 0 Å². The van der Waals surface area contributed by atoms with Crippen LogP contribution in [0.25, 0.3) is 0 Å². The number of aryl methyl sites for hydroxylation is 2. The minimum Gasteiger partial charge on any atom is -0.333 e. The lowest BCUT2D eigenvalue weighted by atomic mass is 10.1. The molecule has 1 atom stereocenters. The molecule has 0 saturated carbocycles. The third-order valence-corrected chi connectivity index (χ3v) is 4.08. The van der Waals surface area contributed by atoms with Crippen LogP contribution in [0, 0.1) is 0 Å². The molecule has 2 aromatic heterocycles. The maximum atomic E-state index is 4.57. The lowest BCUT2D eigenvalue weighted by Gasteiger charge is -2.18. The van der Waals surface area contributed by atoms with Gasteiger partial charge in [0, 0.05) is 18.9 Å². The van der Waals surface area contributed by atoms with Crippen LogP contribution in [0.5, 0.6) is 0 Å². The van der Waals surface area contributed by atoms with Gasteiger partial charge >= 0.3 is 0 Å². The SMILES string of the molecule is CCCNC(c1snnc1CC)c1nccn1CCC. The Morgan fingerprint density at radius 1 is 1.30 bits per heavy atom. The first-order valence-electron chi connectivity index (χ1n) is 7.37. The van der Waals surface area contributed by atoms with Gasteiger partial charge in [-0.3, -0.25) is 0 Å². The van der Waals surface area contributed by atoms with Gasteiger partial charge < -0.3 is 9.88 Å². The molecule has 2 heterocycles. The Hall–Kier alpha value is -1.27. The zero-order chi connectivity index (χ0) is 14.4. The Morgan fingerprint density at radius 2 is 2.15 bits per heavy atom. The zero-order valence-corrected chi connectivity index (χ0v) is 13.3. The summed E-state index contributed by atoms with van der Waals surface area (Å²) in [7, 11) is 0. The normalized spacial score (nSPS) is 12.8. The summed E-state index contributed by atoms with van der Waals surface area (Å²) < 4.78 is 6.35. The van der Waals surface area contributed by atoms with E-state index in [0.717, 1.165) is 43.9 Å². The van der Waals surface area contributed by atoms with E-state index in [1.807, 2.05) is 6.20 Å². The smallest absolute Gasteiger partial charge is 0.131 e. The second-order valence-corrected chi connectivity index (χ2v) is 5.59. The topological polar surface area (TPSA) is 55.6 Å². The first-order chi connectivity index (χ1) is 9.81. The Balaban J connectivity index is 2.34. The van der Waals surface area contributed by atoms with Crippen LogP contribution in [-0.4, -0.2) is 25.7 Å². The molecule has 0 bridgehead atoms. The van der Waals surface area contributed by atoms with Crippen molar-refractivity contribution in [2.45, 2.75) is 52.6 Å². The summed E-state index contributed by atoms with van der Waals surface area (Å²) in [6.07, 6.45) is 7.04. The molecule has 0 aliphatic carbocycles. The van der Waals surface area contributed by atoms with Crippen LogP contribution in [0.1, 0.15) is 56.1 Å². The molecule has 2 aromatic rings. The summed E-state index contributed by atoms with van der Waals surface area (Å²) in [4.78, 5) is 5.77. The molecule has 0 aromatic carbocycles. The molecule has 2 rings (SSSR count). The van der Waals surface area contributed by atoms with E-state index in [1.165, 1.54) is 16.4 Å². The summed E-state index contributed by atoms with van der Waals surface area (Å²) in [5, 5.41) is 7.84. The molecule has 20 heavy (non-hydrogen) atoms. The number of aromatic nitrogens is 4. The molecule has 0 amide bonds. The van der Waals surface area contributed by atoms with Crippen molar-refractivity contribution in [3.63, 3.8) is 0 Å². The van der Waals surface area contributed by atoms with Crippen molar-refractivity contribution in [2.24, 2.45) is 0 Å². The molecule has 1 N–H and O–H groups in total. The summed E-state index contributed by atoms with van der Waals surface area (Å²) in [5.41, 5.74) is 1.08. The van der Waals surface area contributed by atoms with Crippen LogP contribution in [0.4, 0.5) is 0 Å². The first-order valence-corrected chi connectivity index (χ1v) is 8.14. The molecule has 110 valence electrons. The van der Waals surface area contributed by atoms with Crippen molar-refractivity contribution in [3.8, 4) is 0 Å². The van der Waals surface area contributed by atoms with Crippen LogP contribution in [-0.2, 0) is 13.0 Å². The standard InChI is InChI=1S/C14H23N5S/c1-4-7-15-12(13-11(6-3)17-18-20-13)14-16-8-10-19(14)9-5-2/h8,10,12,15H,4-7,9H2,1-3H3. The van der Waals surface area contributed by atoms with Crippen LogP contribution in [0.3, 0.4) is 0 Å². The maximum Gasteiger partial charge on any atom is 0.131 e.